The number of piperidine rings is 1. The maximum Gasteiger partial charge on any atom is 0.409 e. The number of fused-ring (bicyclic) bond motifs is 1. The minimum atomic E-state index is -0.722. The van der Waals surface area contributed by atoms with Crippen molar-refractivity contribution in [1.29, 1.82) is 0 Å². The molecule has 1 spiro atoms. The van der Waals surface area contributed by atoms with Crippen molar-refractivity contribution >= 4 is 12.0 Å². The monoisotopic (exact) mass is 426 g/mol. The van der Waals surface area contributed by atoms with Crippen LogP contribution >= 0.6 is 0 Å². The first kappa shape index (κ1) is 21.0. The Kier molecular flexibility index (Phi) is 5.99. The Labute approximate surface area is 180 Å². The summed E-state index contributed by atoms with van der Waals surface area (Å²) in [5.74, 6) is 0.109. The second kappa shape index (κ2) is 8.85. The number of amides is 2. The molecular weight excluding hydrogens is 400 g/mol. The third kappa shape index (κ3) is 4.59. The van der Waals surface area contributed by atoms with Gasteiger partial charge in [0, 0.05) is 37.1 Å². The zero-order chi connectivity index (χ0) is 21.8. The topological polar surface area (TPSA) is 100 Å². The quantitative estimate of drug-likeness (QED) is 0.789. The summed E-state index contributed by atoms with van der Waals surface area (Å²) in [4.78, 5) is 24.7. The number of nitrogens with two attached hydrogens (primary N) is 1. The summed E-state index contributed by atoms with van der Waals surface area (Å²) < 4.78 is 23.0. The predicted molar refractivity (Wildman–Crippen MR) is 113 cm³/mol. The van der Waals surface area contributed by atoms with E-state index in [2.05, 4.69) is 0 Å². The standard InChI is InChI=1S/C23H26N2O6/c1-2-28-22(27)25-11-9-23(10-12-25)30-14-17-13-16(7-8-19(17)31-23)18-5-3-4-6-20(18)29-15-21(24)26/h3-8,13H,2,9-12,14-15H2,1H3,(H2,24,26). The summed E-state index contributed by atoms with van der Waals surface area (Å²) in [5, 5.41) is 0. The minimum absolute atomic E-state index is 0.181. The summed E-state index contributed by atoms with van der Waals surface area (Å²) in [5.41, 5.74) is 7.92. The molecule has 8 heteroatoms. The van der Waals surface area contributed by atoms with E-state index in [1.807, 2.05) is 36.4 Å². The number of nitrogens with zero attached hydrogens (tertiary/aromatic N) is 1. The number of hydrogen-bond acceptors (Lipinski definition) is 6. The van der Waals surface area contributed by atoms with Gasteiger partial charge in [0.25, 0.3) is 5.91 Å². The van der Waals surface area contributed by atoms with Crippen molar-refractivity contribution in [2.24, 2.45) is 5.73 Å². The fraction of sp³-hybridized carbons (Fsp3) is 0.391. The van der Waals surface area contributed by atoms with Gasteiger partial charge in [-0.1, -0.05) is 24.3 Å². The van der Waals surface area contributed by atoms with E-state index in [-0.39, 0.29) is 12.7 Å². The molecule has 2 N–H and O–H groups in total. The summed E-state index contributed by atoms with van der Waals surface area (Å²) >= 11 is 0. The number of hydrogen-bond donors (Lipinski definition) is 1. The van der Waals surface area contributed by atoms with Crippen LogP contribution in [0, 0.1) is 0 Å². The first-order chi connectivity index (χ1) is 15.0. The molecule has 0 unspecified atom stereocenters. The Bertz CT molecular complexity index is 968. The van der Waals surface area contributed by atoms with Crippen LogP contribution in [-0.2, 0) is 20.9 Å². The highest BCUT2D eigenvalue weighted by atomic mass is 16.7. The maximum atomic E-state index is 11.9. The van der Waals surface area contributed by atoms with Gasteiger partial charge in [0.2, 0.25) is 5.79 Å². The van der Waals surface area contributed by atoms with Crippen molar-refractivity contribution in [3.05, 3.63) is 48.0 Å². The first-order valence-corrected chi connectivity index (χ1v) is 10.4. The summed E-state index contributed by atoms with van der Waals surface area (Å²) in [6, 6.07) is 13.4. The van der Waals surface area contributed by atoms with E-state index in [1.165, 1.54) is 0 Å². The van der Waals surface area contributed by atoms with Crippen LogP contribution < -0.4 is 15.2 Å². The lowest BCUT2D eigenvalue weighted by molar-refractivity contribution is -0.226. The normalized spacial score (nSPS) is 16.9. The SMILES string of the molecule is CCOC(=O)N1CCC2(CC1)OCc1cc(-c3ccccc3OCC(N)=O)ccc1O2. The molecule has 0 atom stereocenters. The van der Waals surface area contributed by atoms with Crippen LogP contribution in [0.2, 0.25) is 0 Å². The summed E-state index contributed by atoms with van der Waals surface area (Å²) in [6.45, 7) is 3.43. The summed E-state index contributed by atoms with van der Waals surface area (Å²) in [7, 11) is 0. The number of ether oxygens (including phenoxy) is 4. The zero-order valence-electron chi connectivity index (χ0n) is 17.5. The van der Waals surface area contributed by atoms with Crippen molar-refractivity contribution in [2.75, 3.05) is 26.3 Å². The highest BCUT2D eigenvalue weighted by molar-refractivity contribution is 5.77. The number of primary amides is 1. The van der Waals surface area contributed by atoms with Crippen LogP contribution in [0.1, 0.15) is 25.3 Å². The highest BCUT2D eigenvalue weighted by Gasteiger charge is 2.42. The molecule has 2 heterocycles. The molecule has 0 bridgehead atoms. The molecule has 1 fully saturated rings. The summed E-state index contributed by atoms with van der Waals surface area (Å²) in [6.07, 6.45) is 0.864. The maximum absolute atomic E-state index is 11.9. The van der Waals surface area contributed by atoms with E-state index in [9.17, 15) is 9.59 Å². The van der Waals surface area contributed by atoms with Crippen LogP contribution in [0.15, 0.2) is 42.5 Å². The predicted octanol–water partition coefficient (Wildman–Crippen LogP) is 3.08. The second-order valence-electron chi connectivity index (χ2n) is 7.56. The van der Waals surface area contributed by atoms with E-state index in [4.69, 9.17) is 24.7 Å². The van der Waals surface area contributed by atoms with Crippen molar-refractivity contribution in [1.82, 2.24) is 4.90 Å². The van der Waals surface area contributed by atoms with Crippen LogP contribution in [0.25, 0.3) is 11.1 Å². The van der Waals surface area contributed by atoms with E-state index >= 15 is 0 Å². The van der Waals surface area contributed by atoms with Crippen LogP contribution in [0.4, 0.5) is 4.79 Å². The molecule has 164 valence electrons. The van der Waals surface area contributed by atoms with E-state index in [1.54, 1.807) is 17.9 Å². The molecule has 8 nitrogen and oxygen atoms in total. The third-order valence-electron chi connectivity index (χ3n) is 5.47. The van der Waals surface area contributed by atoms with Gasteiger partial charge in [-0.25, -0.2) is 4.79 Å². The smallest absolute Gasteiger partial charge is 0.409 e. The fourth-order valence-corrected chi connectivity index (χ4v) is 3.87. The van der Waals surface area contributed by atoms with Gasteiger partial charge in [0.05, 0.1) is 13.2 Å². The van der Waals surface area contributed by atoms with Crippen molar-refractivity contribution in [2.45, 2.75) is 32.2 Å². The van der Waals surface area contributed by atoms with Gasteiger partial charge in [0.15, 0.2) is 6.61 Å². The van der Waals surface area contributed by atoms with Crippen LogP contribution in [-0.4, -0.2) is 49.0 Å². The second-order valence-corrected chi connectivity index (χ2v) is 7.56. The fourth-order valence-electron chi connectivity index (χ4n) is 3.87. The molecule has 2 aromatic carbocycles. The number of carbonyl (C=O) groups is 2. The number of carbonyl (C=O) groups excluding carboxylic acids is 2. The first-order valence-electron chi connectivity index (χ1n) is 10.4. The van der Waals surface area contributed by atoms with Crippen molar-refractivity contribution < 1.29 is 28.5 Å². The van der Waals surface area contributed by atoms with Gasteiger partial charge in [-0.2, -0.15) is 0 Å². The van der Waals surface area contributed by atoms with Gasteiger partial charge < -0.3 is 29.6 Å². The Hall–Kier alpha value is -3.26. The van der Waals surface area contributed by atoms with Crippen molar-refractivity contribution in [3.8, 4) is 22.6 Å². The lowest BCUT2D eigenvalue weighted by Gasteiger charge is -2.43. The minimum Gasteiger partial charge on any atom is -0.483 e. The largest absolute Gasteiger partial charge is 0.483 e. The third-order valence-corrected chi connectivity index (χ3v) is 5.47. The van der Waals surface area contributed by atoms with Gasteiger partial charge >= 0.3 is 6.09 Å². The zero-order valence-corrected chi connectivity index (χ0v) is 17.5. The molecule has 4 rings (SSSR count). The molecule has 2 aromatic rings. The van der Waals surface area contributed by atoms with Gasteiger partial charge in [-0.3, -0.25) is 4.79 Å². The van der Waals surface area contributed by atoms with E-state index in [0.717, 1.165) is 22.4 Å². The molecule has 0 radical (unpaired) electrons. The molecule has 1 saturated heterocycles. The lowest BCUT2D eigenvalue weighted by atomic mass is 9.99. The molecule has 0 saturated carbocycles. The molecular formula is C23H26N2O6. The Morgan fingerprint density at radius 1 is 1.16 bits per heavy atom. The molecule has 2 amide bonds. The van der Waals surface area contributed by atoms with Gasteiger partial charge in [-0.05, 0) is 30.7 Å². The molecule has 2 aliphatic rings. The Morgan fingerprint density at radius 2 is 1.94 bits per heavy atom. The number of benzene rings is 2. The number of likely N-dealkylation sites (tertiary alicyclic amines) is 1. The van der Waals surface area contributed by atoms with Gasteiger partial charge in [0.1, 0.15) is 11.5 Å². The van der Waals surface area contributed by atoms with E-state index < -0.39 is 11.7 Å². The van der Waals surface area contributed by atoms with E-state index in [0.29, 0.717) is 44.9 Å². The highest BCUT2D eigenvalue weighted by Crippen LogP contribution is 2.40. The Balaban J connectivity index is 1.48. The molecule has 2 aliphatic heterocycles. The molecule has 0 aromatic heterocycles. The average Bonchev–Trinajstić information content (AvgIpc) is 2.78. The van der Waals surface area contributed by atoms with Crippen LogP contribution in [0.3, 0.4) is 0 Å². The van der Waals surface area contributed by atoms with Crippen molar-refractivity contribution in [3.63, 3.8) is 0 Å². The molecule has 31 heavy (non-hydrogen) atoms. The van der Waals surface area contributed by atoms with Gasteiger partial charge in [-0.15, -0.1) is 0 Å². The number of para-hydroxylation sites is 1. The Morgan fingerprint density at radius 3 is 2.68 bits per heavy atom. The molecule has 0 aliphatic carbocycles. The average molecular weight is 426 g/mol. The lowest BCUT2D eigenvalue weighted by Crippen LogP contribution is -2.52. The number of rotatable bonds is 5. The van der Waals surface area contributed by atoms with Crippen LogP contribution in [0.5, 0.6) is 11.5 Å².